The van der Waals surface area contributed by atoms with Crippen LogP contribution in [0, 0.1) is 5.82 Å². The highest BCUT2D eigenvalue weighted by Crippen LogP contribution is 2.42. The molecule has 68 valence electrons. The van der Waals surface area contributed by atoms with Crippen molar-refractivity contribution in [3.05, 3.63) is 35.1 Å². The summed E-state index contributed by atoms with van der Waals surface area (Å²) in [6, 6.07) is 5.38. The van der Waals surface area contributed by atoms with E-state index < -0.39 is 0 Å². The molecule has 1 saturated carbocycles. The molecule has 0 atom stereocenters. The van der Waals surface area contributed by atoms with E-state index in [1.165, 1.54) is 12.8 Å². The van der Waals surface area contributed by atoms with Crippen LogP contribution in [0.1, 0.15) is 24.0 Å². The number of nitrogens with one attached hydrogen (secondary N) is 1. The Morgan fingerprint density at radius 2 is 2.15 bits per heavy atom. The molecule has 1 aliphatic heterocycles. The Kier molecular flexibility index (Phi) is 1.34. The number of rotatable bonds is 0. The fourth-order valence-electron chi connectivity index (χ4n) is 2.15. The summed E-state index contributed by atoms with van der Waals surface area (Å²) in [5, 5.41) is 3.49. The number of halogens is 1. The molecule has 1 aliphatic carbocycles. The van der Waals surface area contributed by atoms with E-state index in [0.717, 1.165) is 24.1 Å². The third-order valence-corrected chi connectivity index (χ3v) is 3.24. The molecule has 0 aromatic heterocycles. The van der Waals surface area contributed by atoms with Crippen LogP contribution in [0.3, 0.4) is 0 Å². The van der Waals surface area contributed by atoms with Gasteiger partial charge in [-0.15, -0.1) is 0 Å². The zero-order valence-electron chi connectivity index (χ0n) is 7.44. The molecular weight excluding hydrogens is 165 g/mol. The van der Waals surface area contributed by atoms with E-state index in [0.29, 0.717) is 0 Å². The van der Waals surface area contributed by atoms with Gasteiger partial charge >= 0.3 is 0 Å². The molecule has 0 bridgehead atoms. The molecule has 1 aromatic carbocycles. The second-order valence-electron chi connectivity index (χ2n) is 4.19. The van der Waals surface area contributed by atoms with E-state index in [-0.39, 0.29) is 11.4 Å². The van der Waals surface area contributed by atoms with Crippen molar-refractivity contribution in [3.63, 3.8) is 0 Å². The lowest BCUT2D eigenvalue weighted by molar-refractivity contribution is 0.447. The van der Waals surface area contributed by atoms with Gasteiger partial charge in [-0.25, -0.2) is 4.39 Å². The monoisotopic (exact) mass is 177 g/mol. The van der Waals surface area contributed by atoms with Crippen LogP contribution in [0.15, 0.2) is 18.2 Å². The van der Waals surface area contributed by atoms with Crippen molar-refractivity contribution >= 4 is 0 Å². The molecule has 3 rings (SSSR count). The molecule has 0 unspecified atom stereocenters. The molecule has 0 amide bonds. The second kappa shape index (κ2) is 2.32. The van der Waals surface area contributed by atoms with Gasteiger partial charge in [0.25, 0.3) is 0 Å². The number of fused-ring (bicyclic) bond motifs is 1. The zero-order valence-corrected chi connectivity index (χ0v) is 7.44. The summed E-state index contributed by atoms with van der Waals surface area (Å²) in [6.45, 7) is 0.840. The zero-order chi connectivity index (χ0) is 8.89. The minimum Gasteiger partial charge on any atom is -0.307 e. The van der Waals surface area contributed by atoms with Gasteiger partial charge in [0, 0.05) is 12.1 Å². The largest absolute Gasteiger partial charge is 0.307 e. The lowest BCUT2D eigenvalue weighted by Crippen LogP contribution is -2.38. The molecule has 2 aliphatic rings. The first-order valence-electron chi connectivity index (χ1n) is 4.80. The Labute approximate surface area is 77.0 Å². The van der Waals surface area contributed by atoms with Crippen molar-refractivity contribution in [3.8, 4) is 0 Å². The summed E-state index contributed by atoms with van der Waals surface area (Å²) in [5.41, 5.74) is 2.35. The van der Waals surface area contributed by atoms with E-state index in [1.54, 1.807) is 12.1 Å². The first kappa shape index (κ1) is 7.51. The third-order valence-electron chi connectivity index (χ3n) is 3.24. The standard InChI is InChI=1S/C11H12FN/c12-10-3-1-2-8-7-13-11(4-5-11)6-9(8)10/h1-3,13H,4-7H2. The van der Waals surface area contributed by atoms with Crippen LogP contribution in [-0.4, -0.2) is 5.54 Å². The number of benzene rings is 1. The van der Waals surface area contributed by atoms with Crippen molar-refractivity contribution in [2.75, 3.05) is 0 Å². The van der Waals surface area contributed by atoms with Crippen molar-refractivity contribution in [2.45, 2.75) is 31.3 Å². The highest BCUT2D eigenvalue weighted by molar-refractivity contribution is 5.34. The summed E-state index contributed by atoms with van der Waals surface area (Å²) in [4.78, 5) is 0. The Balaban J connectivity index is 2.06. The van der Waals surface area contributed by atoms with Gasteiger partial charge in [0.1, 0.15) is 5.82 Å². The Hall–Kier alpha value is -0.890. The average molecular weight is 177 g/mol. The van der Waals surface area contributed by atoms with Gasteiger partial charge < -0.3 is 5.32 Å². The molecule has 0 saturated heterocycles. The average Bonchev–Trinajstić information content (AvgIpc) is 2.88. The lowest BCUT2D eigenvalue weighted by atomic mass is 9.94. The Bertz CT molecular complexity index is 355. The SMILES string of the molecule is Fc1cccc2c1CC1(CC1)NC2. The van der Waals surface area contributed by atoms with E-state index in [9.17, 15) is 4.39 Å². The molecule has 13 heavy (non-hydrogen) atoms. The van der Waals surface area contributed by atoms with Crippen LogP contribution in [-0.2, 0) is 13.0 Å². The third kappa shape index (κ3) is 1.09. The van der Waals surface area contributed by atoms with Crippen LogP contribution in [0.5, 0.6) is 0 Å². The maximum Gasteiger partial charge on any atom is 0.126 e. The summed E-state index contributed by atoms with van der Waals surface area (Å²) in [6.07, 6.45) is 3.30. The molecule has 1 heterocycles. The highest BCUT2D eigenvalue weighted by atomic mass is 19.1. The molecule has 1 spiro atoms. The normalized spacial score (nSPS) is 22.8. The molecule has 1 fully saturated rings. The predicted molar refractivity (Wildman–Crippen MR) is 48.9 cm³/mol. The summed E-state index contributed by atoms with van der Waals surface area (Å²) < 4.78 is 13.4. The van der Waals surface area contributed by atoms with Crippen LogP contribution in [0.4, 0.5) is 4.39 Å². The number of hydrogen-bond acceptors (Lipinski definition) is 1. The van der Waals surface area contributed by atoms with Crippen LogP contribution in [0.2, 0.25) is 0 Å². The Morgan fingerprint density at radius 3 is 2.92 bits per heavy atom. The highest BCUT2D eigenvalue weighted by Gasteiger charge is 2.45. The van der Waals surface area contributed by atoms with Gasteiger partial charge in [-0.2, -0.15) is 0 Å². The topological polar surface area (TPSA) is 12.0 Å². The Morgan fingerprint density at radius 1 is 1.31 bits per heavy atom. The summed E-state index contributed by atoms with van der Waals surface area (Å²) in [7, 11) is 0. The molecule has 1 aromatic rings. The first-order chi connectivity index (χ1) is 6.29. The van der Waals surface area contributed by atoms with Gasteiger partial charge in [0.05, 0.1) is 0 Å². The van der Waals surface area contributed by atoms with Crippen molar-refractivity contribution < 1.29 is 4.39 Å². The van der Waals surface area contributed by atoms with Crippen molar-refractivity contribution in [2.24, 2.45) is 0 Å². The van der Waals surface area contributed by atoms with Gasteiger partial charge in [-0.3, -0.25) is 0 Å². The van der Waals surface area contributed by atoms with Crippen molar-refractivity contribution in [1.82, 2.24) is 5.32 Å². The van der Waals surface area contributed by atoms with E-state index in [2.05, 4.69) is 5.32 Å². The van der Waals surface area contributed by atoms with Crippen LogP contribution < -0.4 is 5.32 Å². The fourth-order valence-corrected chi connectivity index (χ4v) is 2.15. The summed E-state index contributed by atoms with van der Waals surface area (Å²) >= 11 is 0. The van der Waals surface area contributed by atoms with Gasteiger partial charge in [0.15, 0.2) is 0 Å². The van der Waals surface area contributed by atoms with Gasteiger partial charge in [0.2, 0.25) is 0 Å². The molecule has 1 N–H and O–H groups in total. The number of hydrogen-bond donors (Lipinski definition) is 1. The van der Waals surface area contributed by atoms with Gasteiger partial charge in [-0.05, 0) is 36.5 Å². The quantitative estimate of drug-likeness (QED) is 0.639. The van der Waals surface area contributed by atoms with Crippen LogP contribution >= 0.6 is 0 Å². The maximum absolute atomic E-state index is 13.4. The van der Waals surface area contributed by atoms with E-state index >= 15 is 0 Å². The van der Waals surface area contributed by atoms with E-state index in [4.69, 9.17) is 0 Å². The summed E-state index contributed by atoms with van der Waals surface area (Å²) in [5.74, 6) is -0.0229. The van der Waals surface area contributed by atoms with Crippen LogP contribution in [0.25, 0.3) is 0 Å². The lowest BCUT2D eigenvalue weighted by Gasteiger charge is -2.26. The molecule has 1 nitrogen and oxygen atoms in total. The van der Waals surface area contributed by atoms with E-state index in [1.807, 2.05) is 6.07 Å². The predicted octanol–water partition coefficient (Wildman–Crippen LogP) is 2.00. The molecule has 2 heteroatoms. The molecule has 0 radical (unpaired) electrons. The minimum atomic E-state index is -0.0229. The maximum atomic E-state index is 13.4. The smallest absolute Gasteiger partial charge is 0.126 e. The minimum absolute atomic E-state index is 0.0229. The van der Waals surface area contributed by atoms with Gasteiger partial charge in [-0.1, -0.05) is 12.1 Å². The fraction of sp³-hybridized carbons (Fsp3) is 0.455. The second-order valence-corrected chi connectivity index (χ2v) is 4.19. The van der Waals surface area contributed by atoms with Crippen molar-refractivity contribution in [1.29, 1.82) is 0 Å². The molecular formula is C11H12FN. The first-order valence-corrected chi connectivity index (χ1v) is 4.80.